The van der Waals surface area contributed by atoms with Gasteiger partial charge in [-0.1, -0.05) is 51.1 Å². The first-order valence-electron chi connectivity index (χ1n) is 16.9. The highest BCUT2D eigenvalue weighted by Gasteiger charge is 2.46. The summed E-state index contributed by atoms with van der Waals surface area (Å²) in [5.74, 6) is -7.08. The second-order valence-electron chi connectivity index (χ2n) is 14.4. The van der Waals surface area contributed by atoms with Crippen molar-refractivity contribution in [3.05, 3.63) is 83.2 Å². The minimum absolute atomic E-state index is 0.0191. The lowest BCUT2D eigenvalue weighted by Crippen LogP contribution is -2.51. The third-order valence-corrected chi connectivity index (χ3v) is 7.89. The number of hydroxylamine groups is 2. The van der Waals surface area contributed by atoms with Crippen LogP contribution in [0.2, 0.25) is 0 Å². The molecule has 1 heterocycles. The van der Waals surface area contributed by atoms with Crippen LogP contribution < -0.4 is 16.4 Å². The van der Waals surface area contributed by atoms with Gasteiger partial charge in [0.15, 0.2) is 6.10 Å². The van der Waals surface area contributed by atoms with E-state index in [4.69, 9.17) is 10.5 Å². The first-order chi connectivity index (χ1) is 25.0. The van der Waals surface area contributed by atoms with Crippen LogP contribution in [0.15, 0.2) is 54.7 Å². The van der Waals surface area contributed by atoms with Gasteiger partial charge in [0.1, 0.15) is 23.4 Å². The maximum Gasteiger partial charge on any atom is 0.493 e. The molecule has 0 aliphatic carbocycles. The Labute approximate surface area is 308 Å². The van der Waals surface area contributed by atoms with Crippen LogP contribution in [0, 0.1) is 17.0 Å². The molecule has 3 atom stereocenters. The smallest absolute Gasteiger partial charge is 0.434 e. The first kappa shape index (κ1) is 43.3. The third-order valence-electron chi connectivity index (χ3n) is 7.89. The molecule has 0 saturated heterocycles. The molecule has 296 valence electrons. The Kier molecular flexibility index (Phi) is 14.3. The van der Waals surface area contributed by atoms with E-state index in [9.17, 15) is 46.2 Å². The molecule has 0 saturated carbocycles. The molecule has 2 aromatic carbocycles. The van der Waals surface area contributed by atoms with Gasteiger partial charge in [-0.25, -0.2) is 23.1 Å². The average Bonchev–Trinajstić information content (AvgIpc) is 3.47. The fourth-order valence-corrected chi connectivity index (χ4v) is 5.34. The summed E-state index contributed by atoms with van der Waals surface area (Å²) in [7, 11) is 0. The van der Waals surface area contributed by atoms with Crippen LogP contribution in [0.5, 0.6) is 0 Å². The topological polar surface area (TPSA) is 178 Å². The average molecular weight is 769 g/mol. The van der Waals surface area contributed by atoms with Crippen molar-refractivity contribution in [2.45, 2.75) is 84.2 Å². The van der Waals surface area contributed by atoms with Crippen molar-refractivity contribution >= 4 is 23.9 Å². The number of hydrogen-bond acceptors (Lipinski definition) is 9. The SMILES string of the molecule is CC(C)(C)[C@H](c1nn(-c2cc(F)ccc2F)cc1Cc1ccccc1)[C@H](O)C(=O)NCC[C@H](OC(=O)N(OC(=O)C(F)(F)F)C(C)(C)C)C(=O)NCCN. The molecule has 0 aliphatic heterocycles. The van der Waals surface area contributed by atoms with Crippen molar-refractivity contribution in [3.8, 4) is 5.69 Å². The molecule has 0 unspecified atom stereocenters. The zero-order valence-electron chi connectivity index (χ0n) is 30.7. The number of carbonyl (C=O) groups excluding carboxylic acids is 4. The van der Waals surface area contributed by atoms with Gasteiger partial charge in [0, 0.05) is 50.7 Å². The molecule has 0 aliphatic rings. The normalized spacial score (nSPS) is 13.7. The molecule has 0 fully saturated rings. The van der Waals surface area contributed by atoms with E-state index in [1.807, 2.05) is 30.3 Å². The van der Waals surface area contributed by atoms with Crippen LogP contribution in [0.3, 0.4) is 0 Å². The largest absolute Gasteiger partial charge is 0.493 e. The van der Waals surface area contributed by atoms with E-state index in [1.54, 1.807) is 20.8 Å². The number of aliphatic hydroxyl groups is 1. The highest BCUT2D eigenvalue weighted by atomic mass is 19.4. The standard InChI is InChI=1S/C36H45F5N6O7/c1-34(2,3)27(28-22(18-21-10-8-7-9-11-21)20-46(45-28)25-19-23(37)12-13-24(25)38)29(48)31(50)43-16-14-26(30(49)44-17-15-42)53-33(52)47(35(4,5)6)54-32(51)36(39,40)41/h7-13,19-20,26-27,29,48H,14-18,42H2,1-6H3,(H,43,50)(H,44,49)/t26-,27+,29-/m0/s1. The molecule has 3 rings (SSSR count). The van der Waals surface area contributed by atoms with Crippen molar-refractivity contribution in [3.63, 3.8) is 0 Å². The fraction of sp³-hybridized carbons (Fsp3) is 0.472. The van der Waals surface area contributed by atoms with Crippen molar-refractivity contribution in [2.24, 2.45) is 11.1 Å². The number of nitrogens with one attached hydrogen (secondary N) is 2. The van der Waals surface area contributed by atoms with Crippen molar-refractivity contribution in [1.29, 1.82) is 0 Å². The van der Waals surface area contributed by atoms with E-state index in [-0.39, 0.29) is 36.0 Å². The lowest BCUT2D eigenvalue weighted by atomic mass is 9.73. The molecule has 5 N–H and O–H groups in total. The number of alkyl halides is 3. The molecule has 0 spiro atoms. The molecular weight excluding hydrogens is 723 g/mol. The van der Waals surface area contributed by atoms with Crippen LogP contribution in [0.25, 0.3) is 5.69 Å². The number of carbonyl (C=O) groups is 4. The second-order valence-corrected chi connectivity index (χ2v) is 14.4. The summed E-state index contributed by atoms with van der Waals surface area (Å²) >= 11 is 0. The van der Waals surface area contributed by atoms with Crippen molar-refractivity contribution in [2.75, 3.05) is 19.6 Å². The summed E-state index contributed by atoms with van der Waals surface area (Å²) in [6.45, 7) is 8.47. The third kappa shape index (κ3) is 11.7. The van der Waals surface area contributed by atoms with Gasteiger partial charge >= 0.3 is 18.2 Å². The summed E-state index contributed by atoms with van der Waals surface area (Å²) in [6, 6.07) is 12.0. The molecule has 3 aromatic rings. The number of halogens is 5. The fourth-order valence-electron chi connectivity index (χ4n) is 5.34. The molecule has 13 nitrogen and oxygen atoms in total. The van der Waals surface area contributed by atoms with Gasteiger partial charge in [-0.15, -0.1) is 5.06 Å². The van der Waals surface area contributed by atoms with Crippen molar-refractivity contribution in [1.82, 2.24) is 25.5 Å². The summed E-state index contributed by atoms with van der Waals surface area (Å²) in [6.07, 6.45) is -9.29. The van der Waals surface area contributed by atoms with Crippen molar-refractivity contribution < 1.29 is 55.8 Å². The number of amides is 3. The Morgan fingerprint density at radius 1 is 0.944 bits per heavy atom. The lowest BCUT2D eigenvalue weighted by molar-refractivity contribution is -0.244. The van der Waals surface area contributed by atoms with Gasteiger partial charge in [0.2, 0.25) is 5.91 Å². The zero-order valence-corrected chi connectivity index (χ0v) is 30.7. The summed E-state index contributed by atoms with van der Waals surface area (Å²) < 4.78 is 74.2. The maximum absolute atomic E-state index is 14.9. The zero-order chi connectivity index (χ0) is 40.6. The molecule has 0 bridgehead atoms. The summed E-state index contributed by atoms with van der Waals surface area (Å²) in [4.78, 5) is 55.2. The first-order valence-corrected chi connectivity index (χ1v) is 16.9. The highest BCUT2D eigenvalue weighted by Crippen LogP contribution is 2.40. The Balaban J connectivity index is 1.89. The Morgan fingerprint density at radius 2 is 1.57 bits per heavy atom. The minimum atomic E-state index is -5.45. The molecular formula is C36H45F5N6O7. The quantitative estimate of drug-likeness (QED) is 0.145. The van der Waals surface area contributed by atoms with Crippen LogP contribution in [-0.4, -0.2) is 87.4 Å². The van der Waals surface area contributed by atoms with E-state index in [0.717, 1.165) is 28.4 Å². The highest BCUT2D eigenvalue weighted by molar-refractivity contribution is 5.84. The number of rotatable bonds is 13. The number of hydrogen-bond donors (Lipinski definition) is 4. The molecule has 3 amide bonds. The monoisotopic (exact) mass is 768 g/mol. The van der Waals surface area contributed by atoms with Crippen LogP contribution in [0.4, 0.5) is 26.7 Å². The predicted molar refractivity (Wildman–Crippen MR) is 185 cm³/mol. The van der Waals surface area contributed by atoms with E-state index in [1.165, 1.54) is 27.0 Å². The maximum atomic E-state index is 14.9. The van der Waals surface area contributed by atoms with Gasteiger partial charge in [0.05, 0.1) is 11.2 Å². The molecule has 54 heavy (non-hydrogen) atoms. The summed E-state index contributed by atoms with van der Waals surface area (Å²) in [5, 5.41) is 21.0. The number of aromatic nitrogens is 2. The molecule has 18 heteroatoms. The Bertz CT molecular complexity index is 1770. The van der Waals surface area contributed by atoms with Crippen LogP contribution in [0.1, 0.15) is 70.7 Å². The number of nitrogens with zero attached hydrogens (tertiary/aromatic N) is 3. The predicted octanol–water partition coefficient (Wildman–Crippen LogP) is 4.44. The number of nitrogens with two attached hydrogens (primary N) is 1. The van der Waals surface area contributed by atoms with Gasteiger partial charge in [0.25, 0.3) is 5.91 Å². The Hall–Kier alpha value is -5.10. The Morgan fingerprint density at radius 3 is 2.15 bits per heavy atom. The number of ether oxygens (including phenoxy) is 1. The van der Waals surface area contributed by atoms with E-state index in [0.29, 0.717) is 5.56 Å². The van der Waals surface area contributed by atoms with Gasteiger partial charge in [-0.3, -0.25) is 9.59 Å². The van der Waals surface area contributed by atoms with E-state index < -0.39 is 83.7 Å². The van der Waals surface area contributed by atoms with Crippen LogP contribution in [-0.2, 0) is 30.4 Å². The minimum Gasteiger partial charge on any atom is -0.434 e. The van der Waals surface area contributed by atoms with Crippen LogP contribution >= 0.6 is 0 Å². The van der Waals surface area contributed by atoms with Gasteiger partial charge in [-0.2, -0.15) is 18.3 Å². The van der Waals surface area contributed by atoms with E-state index >= 15 is 0 Å². The van der Waals surface area contributed by atoms with Gasteiger partial charge < -0.3 is 31.0 Å². The van der Waals surface area contributed by atoms with E-state index in [2.05, 4.69) is 20.6 Å². The van der Waals surface area contributed by atoms with Gasteiger partial charge in [-0.05, 0) is 49.4 Å². The molecule has 0 radical (unpaired) electrons. The number of benzene rings is 2. The molecule has 1 aromatic heterocycles. The number of aliphatic hydroxyl groups excluding tert-OH is 1. The second kappa shape index (κ2) is 17.8. The summed E-state index contributed by atoms with van der Waals surface area (Å²) in [5.41, 5.74) is 4.39. The lowest BCUT2D eigenvalue weighted by Gasteiger charge is -2.34.